The van der Waals surface area contributed by atoms with Gasteiger partial charge in [-0.2, -0.15) is 0 Å². The van der Waals surface area contributed by atoms with Crippen LogP contribution in [0.1, 0.15) is 8.56 Å². The van der Waals surface area contributed by atoms with Gasteiger partial charge in [-0.1, -0.05) is 0 Å². The Morgan fingerprint density at radius 1 is 0.259 bits per heavy atom. The minimum Gasteiger partial charge on any atom is -0.697 e. The van der Waals surface area contributed by atoms with Crippen LogP contribution in [0.4, 0.5) is 0 Å². The van der Waals surface area contributed by atoms with Crippen LogP contribution in [-0.4, -0.2) is 0 Å². The van der Waals surface area contributed by atoms with Crippen molar-refractivity contribution in [2.45, 2.75) is 0 Å². The fourth-order valence-electron chi connectivity index (χ4n) is 0. The fraction of sp³-hybridized carbons (Fsp3) is 0. The summed E-state index contributed by atoms with van der Waals surface area (Å²) in [6.45, 7) is 0. The molecule has 0 heterocycles. The molecule has 0 saturated carbocycles. The van der Waals surface area contributed by atoms with Gasteiger partial charge in [0.2, 0.25) is 0 Å². The van der Waals surface area contributed by atoms with E-state index in [-0.39, 0.29) is 69.8 Å². The standard InChI is InChI=1S/6C2H.6O2.3Pd.6H2/c12*1-2;;;;;;;;;/h6*1H;;;;;;;;;;6*1H/q6*-1;;;;;;;3*+2;;;;;;. The van der Waals surface area contributed by atoms with E-state index in [4.69, 9.17) is 98.1 Å². The summed E-state index contributed by atoms with van der Waals surface area (Å²) >= 11 is 0. The number of hydrogen-bond donors (Lipinski definition) is 0. The Labute approximate surface area is 206 Å². The molecule has 12 nitrogen and oxygen atoms in total. The minimum absolute atomic E-state index is 0. The van der Waals surface area contributed by atoms with Gasteiger partial charge >= 0.3 is 61.3 Å². The van der Waals surface area contributed by atoms with E-state index in [1.54, 1.807) is 0 Å². The zero-order valence-electron chi connectivity index (χ0n) is 12.3. The van der Waals surface area contributed by atoms with Crippen LogP contribution in [0.25, 0.3) is 0 Å². The summed E-state index contributed by atoms with van der Waals surface area (Å²) in [7, 11) is 0. The normalized spacial score (nSPS) is 1.33. The first-order valence-electron chi connectivity index (χ1n) is 2.73. The van der Waals surface area contributed by atoms with Gasteiger partial charge in [0, 0.05) is 68.1 Å². The molecule has 0 rings (SSSR count). The van der Waals surface area contributed by atoms with Gasteiger partial charge in [-0.3, -0.25) is 0 Å². The first kappa shape index (κ1) is 158. The fourth-order valence-corrected chi connectivity index (χ4v) is 0. The third kappa shape index (κ3) is 1080. The molecule has 0 aliphatic carbocycles. The van der Waals surface area contributed by atoms with Gasteiger partial charge in [-0.05, 0) is 0 Å². The summed E-state index contributed by atoms with van der Waals surface area (Å²) in [5.74, 6) is 0. The van der Waals surface area contributed by atoms with Gasteiger partial charge in [0.25, 0.3) is 0 Å². The number of rotatable bonds is 0. The van der Waals surface area contributed by atoms with Crippen molar-refractivity contribution in [1.29, 1.82) is 0 Å². The van der Waals surface area contributed by atoms with Crippen molar-refractivity contribution in [1.82, 2.24) is 0 Å². The molecular weight excluding hydrogens is 655 g/mol. The largest absolute Gasteiger partial charge is 2.00 e. The van der Waals surface area contributed by atoms with Gasteiger partial charge in [0.1, 0.15) is 0 Å². The Kier molecular flexibility index (Phi) is 6920. The third-order valence-corrected chi connectivity index (χ3v) is 0. The molecule has 0 saturated heterocycles. The van der Waals surface area contributed by atoms with E-state index in [0.717, 1.165) is 0 Å². The number of terminal acetylenes is 6. The molecule has 0 aliphatic heterocycles. The maximum Gasteiger partial charge on any atom is 2.00 e. The maximum absolute atomic E-state index is 7.00. The molecule has 0 spiro atoms. The Morgan fingerprint density at radius 3 is 0.259 bits per heavy atom. The Balaban J connectivity index is -0.00000000244. The zero-order chi connectivity index (χ0) is 24.0. The molecule has 0 amide bonds. The van der Waals surface area contributed by atoms with E-state index < -0.39 is 0 Å². The van der Waals surface area contributed by atoms with Crippen molar-refractivity contribution >= 4 is 0 Å². The maximum atomic E-state index is 7.00. The molecule has 0 N–H and O–H groups in total. The number of hydrogen-bond acceptors (Lipinski definition) is 12. The molecule has 0 radical (unpaired) electrons. The van der Waals surface area contributed by atoms with Crippen LogP contribution in [0, 0.1) is 137 Å². The molecule has 0 aromatic rings. The molecule has 0 bridgehead atoms. The van der Waals surface area contributed by atoms with Crippen molar-refractivity contribution in [3.05, 3.63) is 98.1 Å². The minimum atomic E-state index is 0. The molecular formula is C12H18O12Pd3. The third-order valence-electron chi connectivity index (χ3n) is 0. The van der Waals surface area contributed by atoms with Crippen LogP contribution < -0.4 is 0 Å². The van der Waals surface area contributed by atoms with Gasteiger partial charge in [0.05, 0.1) is 0 Å². The summed E-state index contributed by atoms with van der Waals surface area (Å²) in [5, 5.41) is 0. The quantitative estimate of drug-likeness (QED) is 0.207. The second-order valence-electron chi connectivity index (χ2n) is 0. The van der Waals surface area contributed by atoms with E-state index in [0.29, 0.717) is 0 Å². The van der Waals surface area contributed by atoms with Gasteiger partial charge in [-0.15, -0.1) is 0 Å². The van der Waals surface area contributed by atoms with Crippen molar-refractivity contribution in [2.24, 2.45) is 0 Å². The van der Waals surface area contributed by atoms with Crippen LogP contribution in [0.5, 0.6) is 0 Å². The van der Waals surface area contributed by atoms with Crippen LogP contribution in [0.15, 0.2) is 0 Å². The summed E-state index contributed by atoms with van der Waals surface area (Å²) in [4.78, 5) is 84.0. The first-order chi connectivity index (χ1) is 12.0. The van der Waals surface area contributed by atoms with Gasteiger partial charge in [0.15, 0.2) is 0 Å². The Morgan fingerprint density at radius 2 is 0.259 bits per heavy atom. The van der Waals surface area contributed by atoms with Crippen LogP contribution >= 0.6 is 0 Å². The summed E-state index contributed by atoms with van der Waals surface area (Å²) < 4.78 is 0. The molecule has 27 heavy (non-hydrogen) atoms. The average molecular weight is 674 g/mol. The average Bonchev–Trinajstić information content (AvgIpc) is 2.84. The molecule has 0 fully saturated rings. The van der Waals surface area contributed by atoms with Crippen LogP contribution in [0.2, 0.25) is 0 Å². The zero-order valence-corrected chi connectivity index (χ0v) is 17.0. The predicted molar refractivity (Wildman–Crippen MR) is 102 cm³/mol. The second kappa shape index (κ2) is 1190. The molecule has 0 aliphatic rings. The van der Waals surface area contributed by atoms with Crippen molar-refractivity contribution in [2.75, 3.05) is 0 Å². The van der Waals surface area contributed by atoms with Crippen molar-refractivity contribution < 1.29 is 69.8 Å². The van der Waals surface area contributed by atoms with E-state index in [9.17, 15) is 0 Å². The topological polar surface area (TPSA) is 205 Å². The smallest absolute Gasteiger partial charge is 0.697 e. The Hall–Kier alpha value is -3.05. The second-order valence-corrected chi connectivity index (χ2v) is 0. The summed E-state index contributed by atoms with van der Waals surface area (Å²) in [6, 6.07) is 0. The van der Waals surface area contributed by atoms with Crippen molar-refractivity contribution in [3.63, 3.8) is 0 Å². The predicted octanol–water partition coefficient (Wildman–Crippen LogP) is 3.11. The van der Waals surface area contributed by atoms with Crippen LogP contribution in [-0.2, 0) is 61.3 Å². The molecule has 15 heteroatoms. The molecule has 0 atom stereocenters. The van der Waals surface area contributed by atoms with Gasteiger partial charge < -0.3 is 77.1 Å². The van der Waals surface area contributed by atoms with Crippen LogP contribution in [0.3, 0.4) is 0 Å². The monoisotopic (exact) mass is 672 g/mol. The molecule has 0 unspecified atom stereocenters. The van der Waals surface area contributed by atoms with E-state index in [2.05, 4.69) is 38.5 Å². The van der Waals surface area contributed by atoms with Gasteiger partial charge in [-0.25, -0.2) is 0 Å². The first-order valence-corrected chi connectivity index (χ1v) is 2.73. The van der Waals surface area contributed by atoms with Crippen molar-refractivity contribution in [3.8, 4) is 38.5 Å². The SMILES string of the molecule is O=O.O=O.O=O.O=O.O=O.O=O.[C-]#C.[C-]#C.[C-]#C.[C-]#C.[C-]#C.[C-]#C.[HH].[HH].[HH].[HH].[HH].[HH].[Pd+2].[Pd+2].[Pd+2]. The summed E-state index contributed by atoms with van der Waals surface area (Å²) in [6.07, 6.45) is 54.0. The summed E-state index contributed by atoms with van der Waals surface area (Å²) in [5.41, 5.74) is 0. The van der Waals surface area contributed by atoms with E-state index in [1.807, 2.05) is 0 Å². The van der Waals surface area contributed by atoms with E-state index in [1.165, 1.54) is 0 Å². The molecule has 0 aromatic heterocycles. The molecule has 168 valence electrons. The molecule has 0 aromatic carbocycles. The van der Waals surface area contributed by atoms with E-state index >= 15 is 0 Å². The Bertz CT molecular complexity index is 190.